The minimum absolute atomic E-state index is 0.175. The Balaban J connectivity index is 1.53. The van der Waals surface area contributed by atoms with Crippen LogP contribution in [0.4, 0.5) is 5.82 Å². The first kappa shape index (κ1) is 17.8. The average molecular weight is 407 g/mol. The van der Waals surface area contributed by atoms with E-state index in [4.69, 9.17) is 9.97 Å². The van der Waals surface area contributed by atoms with Crippen LogP contribution in [0.2, 0.25) is 0 Å². The molecule has 1 aliphatic heterocycles. The van der Waals surface area contributed by atoms with Gasteiger partial charge in [-0.05, 0) is 51.0 Å². The predicted octanol–water partition coefficient (Wildman–Crippen LogP) is 2.92. The number of anilines is 1. The van der Waals surface area contributed by atoms with Crippen molar-refractivity contribution in [2.45, 2.75) is 51.4 Å². The summed E-state index contributed by atoms with van der Waals surface area (Å²) in [5.41, 5.74) is 1.46. The standard InChI is InChI=1S/C19H26N4O2S2/c1-2-27(24,25)23-11-9-22(10-12-23)18-16-14-5-3-4-6-15(14)26-19(16)21-17(20-18)13-7-8-13/h13H,2-12H2,1H3. The zero-order valence-corrected chi connectivity index (χ0v) is 17.4. The Bertz CT molecular complexity index is 973. The summed E-state index contributed by atoms with van der Waals surface area (Å²) in [4.78, 5) is 14.9. The summed E-state index contributed by atoms with van der Waals surface area (Å²) in [5, 5.41) is 1.26. The molecule has 0 amide bonds. The fourth-order valence-electron chi connectivity index (χ4n) is 4.27. The van der Waals surface area contributed by atoms with Gasteiger partial charge in [-0.2, -0.15) is 4.31 Å². The minimum atomic E-state index is -3.11. The Morgan fingerprint density at radius 1 is 1.07 bits per heavy atom. The lowest BCUT2D eigenvalue weighted by Gasteiger charge is -2.35. The molecule has 0 N–H and O–H groups in total. The molecule has 146 valence electrons. The highest BCUT2D eigenvalue weighted by molar-refractivity contribution is 7.89. The summed E-state index contributed by atoms with van der Waals surface area (Å²) in [6.07, 6.45) is 7.18. The van der Waals surface area contributed by atoms with Crippen LogP contribution in [-0.2, 0) is 22.9 Å². The average Bonchev–Trinajstić information content (AvgIpc) is 3.48. The van der Waals surface area contributed by atoms with Crippen molar-refractivity contribution in [2.24, 2.45) is 0 Å². The normalized spacial score (nSPS) is 21.6. The fraction of sp³-hybridized carbons (Fsp3) is 0.684. The largest absolute Gasteiger partial charge is 0.353 e. The molecular weight excluding hydrogens is 380 g/mol. The van der Waals surface area contributed by atoms with E-state index in [1.54, 1.807) is 11.2 Å². The van der Waals surface area contributed by atoms with E-state index in [2.05, 4.69) is 4.90 Å². The summed E-state index contributed by atoms with van der Waals surface area (Å²) in [7, 11) is -3.11. The highest BCUT2D eigenvalue weighted by Crippen LogP contribution is 2.44. The first-order valence-electron chi connectivity index (χ1n) is 10.1. The van der Waals surface area contributed by atoms with E-state index in [0.717, 1.165) is 29.3 Å². The lowest BCUT2D eigenvalue weighted by molar-refractivity contribution is 0.384. The van der Waals surface area contributed by atoms with Gasteiger partial charge in [0.2, 0.25) is 10.0 Å². The molecule has 2 aromatic rings. The number of hydrogen-bond donors (Lipinski definition) is 0. The molecule has 1 saturated carbocycles. The van der Waals surface area contributed by atoms with Gasteiger partial charge in [-0.3, -0.25) is 0 Å². The number of thiophene rings is 1. The van der Waals surface area contributed by atoms with Crippen LogP contribution in [-0.4, -0.2) is 54.6 Å². The van der Waals surface area contributed by atoms with Crippen molar-refractivity contribution in [3.63, 3.8) is 0 Å². The van der Waals surface area contributed by atoms with E-state index >= 15 is 0 Å². The maximum Gasteiger partial charge on any atom is 0.213 e. The fourth-order valence-corrected chi connectivity index (χ4v) is 6.62. The number of fused-ring (bicyclic) bond motifs is 3. The second kappa shape index (κ2) is 6.67. The van der Waals surface area contributed by atoms with Crippen molar-refractivity contribution >= 4 is 37.4 Å². The molecule has 2 aliphatic carbocycles. The highest BCUT2D eigenvalue weighted by Gasteiger charge is 2.32. The van der Waals surface area contributed by atoms with Crippen LogP contribution >= 0.6 is 11.3 Å². The van der Waals surface area contributed by atoms with Crippen molar-refractivity contribution in [1.29, 1.82) is 0 Å². The van der Waals surface area contributed by atoms with Crippen molar-refractivity contribution in [3.05, 3.63) is 16.3 Å². The molecule has 0 bridgehead atoms. The lowest BCUT2D eigenvalue weighted by Crippen LogP contribution is -2.49. The zero-order valence-electron chi connectivity index (χ0n) is 15.8. The highest BCUT2D eigenvalue weighted by atomic mass is 32.2. The van der Waals surface area contributed by atoms with Gasteiger partial charge >= 0.3 is 0 Å². The van der Waals surface area contributed by atoms with Gasteiger partial charge in [-0.25, -0.2) is 18.4 Å². The van der Waals surface area contributed by atoms with Gasteiger partial charge in [0.1, 0.15) is 16.5 Å². The van der Waals surface area contributed by atoms with Crippen LogP contribution in [0, 0.1) is 0 Å². The van der Waals surface area contributed by atoms with Crippen LogP contribution in [0.25, 0.3) is 10.2 Å². The number of hydrogen-bond acceptors (Lipinski definition) is 6. The molecule has 0 radical (unpaired) electrons. The first-order chi connectivity index (χ1) is 13.1. The second-order valence-corrected chi connectivity index (χ2v) is 11.2. The summed E-state index contributed by atoms with van der Waals surface area (Å²) in [5.74, 6) is 2.76. The molecule has 0 spiro atoms. The summed E-state index contributed by atoms with van der Waals surface area (Å²) in [6.45, 7) is 4.23. The number of sulfonamides is 1. The van der Waals surface area contributed by atoms with Gasteiger partial charge in [-0.1, -0.05) is 0 Å². The van der Waals surface area contributed by atoms with Crippen LogP contribution in [0.15, 0.2) is 0 Å². The minimum Gasteiger partial charge on any atom is -0.353 e. The monoisotopic (exact) mass is 406 g/mol. The van der Waals surface area contributed by atoms with Crippen LogP contribution in [0.3, 0.4) is 0 Å². The number of nitrogens with zero attached hydrogens (tertiary/aromatic N) is 4. The molecule has 1 saturated heterocycles. The van der Waals surface area contributed by atoms with Gasteiger partial charge in [0.15, 0.2) is 0 Å². The molecule has 6 nitrogen and oxygen atoms in total. The molecule has 27 heavy (non-hydrogen) atoms. The van der Waals surface area contributed by atoms with E-state index in [-0.39, 0.29) is 5.75 Å². The molecule has 0 atom stereocenters. The Hall–Kier alpha value is -1.25. The van der Waals surface area contributed by atoms with Crippen molar-refractivity contribution in [3.8, 4) is 0 Å². The van der Waals surface area contributed by atoms with Gasteiger partial charge < -0.3 is 4.90 Å². The molecule has 2 fully saturated rings. The Morgan fingerprint density at radius 3 is 2.52 bits per heavy atom. The summed E-state index contributed by atoms with van der Waals surface area (Å²) >= 11 is 1.86. The van der Waals surface area contributed by atoms with Crippen molar-refractivity contribution < 1.29 is 8.42 Å². The number of rotatable bonds is 4. The van der Waals surface area contributed by atoms with Crippen LogP contribution in [0.1, 0.15) is 54.8 Å². The van der Waals surface area contributed by atoms with Gasteiger partial charge in [-0.15, -0.1) is 11.3 Å². The van der Waals surface area contributed by atoms with Crippen LogP contribution < -0.4 is 4.90 Å². The van der Waals surface area contributed by atoms with Gasteiger partial charge in [0.05, 0.1) is 11.1 Å². The predicted molar refractivity (Wildman–Crippen MR) is 109 cm³/mol. The quantitative estimate of drug-likeness (QED) is 0.781. The molecule has 3 aliphatic rings. The Morgan fingerprint density at radius 2 is 1.81 bits per heavy atom. The maximum absolute atomic E-state index is 12.2. The molecule has 0 aromatic carbocycles. The van der Waals surface area contributed by atoms with Crippen molar-refractivity contribution in [2.75, 3.05) is 36.8 Å². The van der Waals surface area contributed by atoms with E-state index < -0.39 is 10.0 Å². The van der Waals surface area contributed by atoms with Gasteiger partial charge in [0.25, 0.3) is 0 Å². The zero-order chi connectivity index (χ0) is 18.6. The van der Waals surface area contributed by atoms with Crippen molar-refractivity contribution in [1.82, 2.24) is 14.3 Å². The SMILES string of the molecule is CCS(=O)(=O)N1CCN(c2nc(C3CC3)nc3sc4c(c23)CCCC4)CC1. The molecule has 5 rings (SSSR count). The number of piperazine rings is 1. The van der Waals surface area contributed by atoms with E-state index in [1.807, 2.05) is 11.3 Å². The third-order valence-electron chi connectivity index (χ3n) is 6.05. The smallest absolute Gasteiger partial charge is 0.213 e. The third kappa shape index (κ3) is 3.15. The molecule has 2 aromatic heterocycles. The molecule has 8 heteroatoms. The van der Waals surface area contributed by atoms with E-state index in [0.29, 0.717) is 32.1 Å². The van der Waals surface area contributed by atoms with E-state index in [9.17, 15) is 8.42 Å². The summed E-state index contributed by atoms with van der Waals surface area (Å²) < 4.78 is 26.0. The van der Waals surface area contributed by atoms with Gasteiger partial charge in [0, 0.05) is 37.0 Å². The van der Waals surface area contributed by atoms with Crippen LogP contribution in [0.5, 0.6) is 0 Å². The Labute approximate surface area is 164 Å². The topological polar surface area (TPSA) is 66.4 Å². The second-order valence-electron chi connectivity index (χ2n) is 7.86. The maximum atomic E-state index is 12.2. The summed E-state index contributed by atoms with van der Waals surface area (Å²) in [6, 6.07) is 0. The first-order valence-corrected chi connectivity index (χ1v) is 12.5. The molecule has 0 unspecified atom stereocenters. The number of aromatic nitrogens is 2. The molecular formula is C19H26N4O2S2. The van der Waals surface area contributed by atoms with E-state index in [1.165, 1.54) is 41.5 Å². The molecule has 3 heterocycles. The lowest BCUT2D eigenvalue weighted by atomic mass is 9.97. The third-order valence-corrected chi connectivity index (χ3v) is 9.12. The Kier molecular flexibility index (Phi) is 4.40. The number of aryl methyl sites for hydroxylation is 2.